The van der Waals surface area contributed by atoms with Gasteiger partial charge in [0, 0.05) is 38.6 Å². The summed E-state index contributed by atoms with van der Waals surface area (Å²) in [5.74, 6) is 0. The Bertz CT molecular complexity index is 282. The topological polar surface area (TPSA) is 24.5 Å². The molecule has 0 saturated carbocycles. The molecule has 0 aliphatic rings. The summed E-state index contributed by atoms with van der Waals surface area (Å²) in [6, 6.07) is 8.70. The summed E-state index contributed by atoms with van der Waals surface area (Å²) >= 11 is 0. The quantitative estimate of drug-likeness (QED) is 0.803. The Hall–Kier alpha value is -1.22. The Morgan fingerprint density at radius 2 is 1.87 bits per heavy atom. The van der Waals surface area contributed by atoms with Crippen LogP contribution in [0.3, 0.4) is 0 Å². The van der Waals surface area contributed by atoms with E-state index >= 15 is 0 Å². The maximum absolute atomic E-state index is 5.07. The van der Waals surface area contributed by atoms with Crippen LogP contribution in [0.1, 0.15) is 6.92 Å². The molecule has 84 valence electrons. The predicted molar refractivity (Wildman–Crippen MR) is 65.7 cm³/mol. The van der Waals surface area contributed by atoms with Gasteiger partial charge in [-0.15, -0.1) is 0 Å². The molecule has 3 heteroatoms. The second-order valence-corrected chi connectivity index (χ2v) is 3.94. The molecule has 15 heavy (non-hydrogen) atoms. The molecule has 0 bridgehead atoms. The van der Waals surface area contributed by atoms with Gasteiger partial charge >= 0.3 is 0 Å². The van der Waals surface area contributed by atoms with Crippen LogP contribution in [0.4, 0.5) is 11.4 Å². The van der Waals surface area contributed by atoms with Crippen LogP contribution in [0, 0.1) is 0 Å². The van der Waals surface area contributed by atoms with Gasteiger partial charge in [-0.05, 0) is 31.2 Å². The number of nitrogens with zero attached hydrogens (tertiary/aromatic N) is 1. The molecule has 1 atom stereocenters. The van der Waals surface area contributed by atoms with Gasteiger partial charge in [0.1, 0.15) is 0 Å². The minimum Gasteiger partial charge on any atom is -0.383 e. The average molecular weight is 208 g/mol. The maximum Gasteiger partial charge on any atom is 0.0661 e. The number of hydrogen-bond acceptors (Lipinski definition) is 3. The summed E-state index contributed by atoms with van der Waals surface area (Å²) in [5.41, 5.74) is 2.34. The van der Waals surface area contributed by atoms with Crippen LogP contribution < -0.4 is 10.2 Å². The minimum atomic E-state index is 0.334. The molecule has 1 rings (SSSR count). The molecule has 0 aromatic heterocycles. The third-order valence-corrected chi connectivity index (χ3v) is 2.21. The number of benzene rings is 1. The van der Waals surface area contributed by atoms with Crippen LogP contribution in [-0.4, -0.2) is 33.9 Å². The van der Waals surface area contributed by atoms with E-state index in [9.17, 15) is 0 Å². The molecule has 1 aromatic rings. The molecule has 0 radical (unpaired) electrons. The third-order valence-electron chi connectivity index (χ3n) is 2.21. The highest BCUT2D eigenvalue weighted by molar-refractivity contribution is 5.54. The van der Waals surface area contributed by atoms with E-state index in [2.05, 4.69) is 41.4 Å². The first-order valence-corrected chi connectivity index (χ1v) is 5.16. The molecule has 0 amide bonds. The van der Waals surface area contributed by atoms with Gasteiger partial charge in [-0.2, -0.15) is 0 Å². The SMILES string of the molecule is COCC(C)Nc1ccc(N(C)C)cc1. The number of methoxy groups -OCH3 is 1. The standard InChI is InChI=1S/C12H20N2O/c1-10(9-15-4)13-11-5-7-12(8-6-11)14(2)3/h5-8,10,13H,9H2,1-4H3. The maximum atomic E-state index is 5.07. The number of hydrogen-bond donors (Lipinski definition) is 1. The van der Waals surface area contributed by atoms with Crippen LogP contribution in [0.5, 0.6) is 0 Å². The van der Waals surface area contributed by atoms with Crippen molar-refractivity contribution in [3.8, 4) is 0 Å². The van der Waals surface area contributed by atoms with Crippen molar-refractivity contribution < 1.29 is 4.74 Å². The lowest BCUT2D eigenvalue weighted by Crippen LogP contribution is -2.20. The molecule has 0 aliphatic heterocycles. The van der Waals surface area contributed by atoms with E-state index in [0.717, 1.165) is 12.3 Å². The van der Waals surface area contributed by atoms with Crippen LogP contribution in [0.15, 0.2) is 24.3 Å². The third kappa shape index (κ3) is 3.80. The first-order chi connectivity index (χ1) is 7.13. The zero-order chi connectivity index (χ0) is 11.3. The Morgan fingerprint density at radius 1 is 1.27 bits per heavy atom. The van der Waals surface area contributed by atoms with E-state index in [1.54, 1.807) is 7.11 Å². The molecule has 1 unspecified atom stereocenters. The van der Waals surface area contributed by atoms with Gasteiger partial charge in [0.25, 0.3) is 0 Å². The molecule has 1 aromatic carbocycles. The molecule has 0 saturated heterocycles. The molecule has 1 N–H and O–H groups in total. The summed E-state index contributed by atoms with van der Waals surface area (Å²) in [6.07, 6.45) is 0. The predicted octanol–water partition coefficient (Wildman–Crippen LogP) is 2.20. The highest BCUT2D eigenvalue weighted by atomic mass is 16.5. The van der Waals surface area contributed by atoms with Gasteiger partial charge in [0.05, 0.1) is 6.61 Å². The minimum absolute atomic E-state index is 0.334. The highest BCUT2D eigenvalue weighted by Gasteiger charge is 2.01. The van der Waals surface area contributed by atoms with E-state index in [1.165, 1.54) is 5.69 Å². The second kappa shape index (κ2) is 5.61. The Kier molecular flexibility index (Phi) is 4.43. The highest BCUT2D eigenvalue weighted by Crippen LogP contribution is 2.16. The van der Waals surface area contributed by atoms with Crippen molar-refractivity contribution in [2.75, 3.05) is 38.0 Å². The van der Waals surface area contributed by atoms with Crippen molar-refractivity contribution in [1.29, 1.82) is 0 Å². The Balaban J connectivity index is 2.56. The Labute approximate surface area is 92.0 Å². The normalized spacial score (nSPS) is 12.3. The summed E-state index contributed by atoms with van der Waals surface area (Å²) in [6.45, 7) is 2.82. The van der Waals surface area contributed by atoms with Crippen LogP contribution >= 0.6 is 0 Å². The fourth-order valence-corrected chi connectivity index (χ4v) is 1.43. The zero-order valence-electron chi connectivity index (χ0n) is 9.95. The molecular weight excluding hydrogens is 188 g/mol. The lowest BCUT2D eigenvalue weighted by atomic mass is 10.2. The number of anilines is 2. The van der Waals surface area contributed by atoms with E-state index in [4.69, 9.17) is 4.74 Å². The van der Waals surface area contributed by atoms with Crippen molar-refractivity contribution in [1.82, 2.24) is 0 Å². The van der Waals surface area contributed by atoms with Gasteiger partial charge in [-0.1, -0.05) is 0 Å². The van der Waals surface area contributed by atoms with E-state index < -0.39 is 0 Å². The van der Waals surface area contributed by atoms with Crippen molar-refractivity contribution >= 4 is 11.4 Å². The van der Waals surface area contributed by atoms with Gasteiger partial charge < -0.3 is 15.0 Å². The zero-order valence-corrected chi connectivity index (χ0v) is 9.95. The second-order valence-electron chi connectivity index (χ2n) is 3.94. The molecule has 3 nitrogen and oxygen atoms in total. The lowest BCUT2D eigenvalue weighted by Gasteiger charge is -2.16. The lowest BCUT2D eigenvalue weighted by molar-refractivity contribution is 0.190. The van der Waals surface area contributed by atoms with Crippen LogP contribution in [-0.2, 0) is 4.74 Å². The summed E-state index contributed by atoms with van der Waals surface area (Å²) in [4.78, 5) is 2.09. The van der Waals surface area contributed by atoms with Gasteiger partial charge in [0.15, 0.2) is 0 Å². The van der Waals surface area contributed by atoms with Gasteiger partial charge in [-0.25, -0.2) is 0 Å². The number of ether oxygens (including phenoxy) is 1. The fourth-order valence-electron chi connectivity index (χ4n) is 1.43. The van der Waals surface area contributed by atoms with Gasteiger partial charge in [-0.3, -0.25) is 0 Å². The smallest absolute Gasteiger partial charge is 0.0661 e. The first kappa shape index (κ1) is 11.9. The van der Waals surface area contributed by atoms with E-state index in [0.29, 0.717) is 6.04 Å². The van der Waals surface area contributed by atoms with Crippen molar-refractivity contribution in [3.05, 3.63) is 24.3 Å². The van der Waals surface area contributed by atoms with E-state index in [-0.39, 0.29) is 0 Å². The van der Waals surface area contributed by atoms with E-state index in [1.807, 2.05) is 14.1 Å². The molecule has 0 spiro atoms. The van der Waals surface area contributed by atoms with Crippen molar-refractivity contribution in [2.45, 2.75) is 13.0 Å². The largest absolute Gasteiger partial charge is 0.383 e. The van der Waals surface area contributed by atoms with Crippen LogP contribution in [0.25, 0.3) is 0 Å². The van der Waals surface area contributed by atoms with Crippen LogP contribution in [0.2, 0.25) is 0 Å². The molecule has 0 heterocycles. The Morgan fingerprint density at radius 3 is 2.33 bits per heavy atom. The summed E-state index contributed by atoms with van der Waals surface area (Å²) in [7, 11) is 5.79. The van der Waals surface area contributed by atoms with Crippen molar-refractivity contribution in [2.24, 2.45) is 0 Å². The first-order valence-electron chi connectivity index (χ1n) is 5.16. The monoisotopic (exact) mass is 208 g/mol. The fraction of sp³-hybridized carbons (Fsp3) is 0.500. The average Bonchev–Trinajstić information content (AvgIpc) is 2.18. The molecule has 0 aliphatic carbocycles. The molecular formula is C12H20N2O. The van der Waals surface area contributed by atoms with Crippen molar-refractivity contribution in [3.63, 3.8) is 0 Å². The summed E-state index contributed by atoms with van der Waals surface area (Å²) < 4.78 is 5.07. The number of nitrogens with one attached hydrogen (secondary N) is 1. The summed E-state index contributed by atoms with van der Waals surface area (Å²) in [5, 5.41) is 3.37. The molecule has 0 fully saturated rings. The van der Waals surface area contributed by atoms with Gasteiger partial charge in [0.2, 0.25) is 0 Å². The number of rotatable bonds is 5.